The Bertz CT molecular complexity index is 1600. The number of ether oxygens (including phenoxy) is 3. The summed E-state index contributed by atoms with van der Waals surface area (Å²) >= 11 is 0. The predicted octanol–water partition coefficient (Wildman–Crippen LogP) is 3.45. The molecular formula is C34H39N3O10. The van der Waals surface area contributed by atoms with E-state index in [1.54, 1.807) is 58.0 Å². The van der Waals surface area contributed by atoms with Crippen molar-refractivity contribution in [3.63, 3.8) is 0 Å². The van der Waals surface area contributed by atoms with Crippen LogP contribution in [0.5, 0.6) is 11.5 Å². The highest BCUT2D eigenvalue weighted by Crippen LogP contribution is 2.37. The van der Waals surface area contributed by atoms with E-state index in [1.807, 2.05) is 0 Å². The number of esters is 3. The maximum atomic E-state index is 14.5. The Morgan fingerprint density at radius 3 is 1.94 bits per heavy atom. The lowest BCUT2D eigenvalue weighted by Crippen LogP contribution is -2.64. The first-order chi connectivity index (χ1) is 22.0. The monoisotopic (exact) mass is 649 g/mol. The van der Waals surface area contributed by atoms with Gasteiger partial charge in [0.2, 0.25) is 11.8 Å². The van der Waals surface area contributed by atoms with Crippen molar-refractivity contribution in [1.82, 2.24) is 14.9 Å². The van der Waals surface area contributed by atoms with Gasteiger partial charge in [-0.25, -0.2) is 14.8 Å². The molecule has 3 rings (SSSR count). The number of ketones is 1. The van der Waals surface area contributed by atoms with Crippen molar-refractivity contribution in [2.45, 2.75) is 80.0 Å². The summed E-state index contributed by atoms with van der Waals surface area (Å²) in [5.41, 5.74) is 0.655. The molecule has 1 aliphatic rings. The second kappa shape index (κ2) is 15.3. The number of hydrogen-bond donors (Lipinski definition) is 0. The molecule has 0 bridgehead atoms. The molecule has 1 heterocycles. The number of hydrazine groups is 1. The highest BCUT2D eigenvalue weighted by molar-refractivity contribution is 6.36. The van der Waals surface area contributed by atoms with E-state index in [0.717, 1.165) is 30.8 Å². The van der Waals surface area contributed by atoms with Crippen LogP contribution in [0.3, 0.4) is 0 Å². The first kappa shape index (κ1) is 36.1. The van der Waals surface area contributed by atoms with Gasteiger partial charge in [0, 0.05) is 45.9 Å². The van der Waals surface area contributed by atoms with E-state index >= 15 is 0 Å². The van der Waals surface area contributed by atoms with Crippen LogP contribution in [0.4, 0.5) is 0 Å². The van der Waals surface area contributed by atoms with E-state index in [-0.39, 0.29) is 29.2 Å². The molecule has 0 aromatic heterocycles. The fraction of sp³-hybridized carbons (Fsp3) is 0.382. The normalized spacial score (nSPS) is 15.1. The zero-order chi connectivity index (χ0) is 35.2. The molecule has 0 aliphatic carbocycles. The van der Waals surface area contributed by atoms with Gasteiger partial charge in [-0.3, -0.25) is 28.8 Å². The van der Waals surface area contributed by atoms with E-state index in [2.05, 4.69) is 0 Å². The molecule has 1 aliphatic heterocycles. The zero-order valence-electron chi connectivity index (χ0n) is 27.6. The van der Waals surface area contributed by atoms with Crippen LogP contribution in [-0.4, -0.2) is 74.5 Å². The van der Waals surface area contributed by atoms with Crippen LogP contribution >= 0.6 is 0 Å². The first-order valence-electron chi connectivity index (χ1n) is 15.0. The molecule has 250 valence electrons. The fourth-order valence-corrected chi connectivity index (χ4v) is 5.12. The van der Waals surface area contributed by atoms with Gasteiger partial charge in [-0.2, -0.15) is 0 Å². The van der Waals surface area contributed by atoms with Gasteiger partial charge in [0.15, 0.2) is 11.5 Å². The Morgan fingerprint density at radius 1 is 0.830 bits per heavy atom. The molecule has 1 unspecified atom stereocenters. The summed E-state index contributed by atoms with van der Waals surface area (Å²) in [4.78, 5) is 92.8. The SMILES string of the molecule is CC(=O)Oc1ccc(C2=CN(C(C)=O)C(C(C)C)C(=O)N2N(C(C)=O)[C@@H](Cc2ccccc2)C(=O)C(=O)OC(C)C)cc1OC(C)=O. The van der Waals surface area contributed by atoms with E-state index in [0.29, 0.717) is 5.56 Å². The zero-order valence-corrected chi connectivity index (χ0v) is 27.6. The quantitative estimate of drug-likeness (QED) is 0.201. The van der Waals surface area contributed by atoms with Crippen LogP contribution in [0.25, 0.3) is 5.70 Å². The number of rotatable bonds is 11. The minimum absolute atomic E-state index is 0.0665. The Balaban J connectivity index is 2.36. The van der Waals surface area contributed by atoms with E-state index < -0.39 is 65.5 Å². The Hall–Kier alpha value is -5.33. The minimum Gasteiger partial charge on any atom is -0.457 e. The topological polar surface area (TPSA) is 157 Å². The van der Waals surface area contributed by atoms with Crippen LogP contribution in [0.1, 0.15) is 66.5 Å². The summed E-state index contributed by atoms with van der Waals surface area (Å²) in [5.74, 6) is -6.47. The van der Waals surface area contributed by atoms with Crippen LogP contribution in [0, 0.1) is 5.92 Å². The first-order valence-corrected chi connectivity index (χ1v) is 15.0. The smallest absolute Gasteiger partial charge is 0.377 e. The second-order valence-electron chi connectivity index (χ2n) is 11.5. The predicted molar refractivity (Wildman–Crippen MR) is 168 cm³/mol. The average molecular weight is 650 g/mol. The molecule has 0 N–H and O–H groups in total. The third-order valence-electron chi connectivity index (χ3n) is 6.94. The molecule has 0 saturated heterocycles. The molecule has 0 spiro atoms. The minimum atomic E-state index is -1.56. The van der Waals surface area contributed by atoms with Gasteiger partial charge < -0.3 is 19.1 Å². The number of hydrogen-bond acceptors (Lipinski definition) is 10. The number of carbonyl (C=O) groups excluding carboxylic acids is 7. The number of Topliss-reactive ketones (excluding diaryl/α,β-unsaturated/α-hetero) is 1. The van der Waals surface area contributed by atoms with Gasteiger partial charge in [0.05, 0.1) is 11.8 Å². The van der Waals surface area contributed by atoms with Crippen molar-refractivity contribution < 1.29 is 47.8 Å². The highest BCUT2D eigenvalue weighted by Gasteiger charge is 2.47. The Morgan fingerprint density at radius 2 is 1.43 bits per heavy atom. The van der Waals surface area contributed by atoms with Gasteiger partial charge in [-0.1, -0.05) is 44.2 Å². The molecule has 2 aromatic rings. The van der Waals surface area contributed by atoms with Crippen molar-refractivity contribution in [3.8, 4) is 11.5 Å². The summed E-state index contributed by atoms with van der Waals surface area (Å²) in [7, 11) is 0. The van der Waals surface area contributed by atoms with Gasteiger partial charge >= 0.3 is 17.9 Å². The molecule has 2 aromatic carbocycles. The summed E-state index contributed by atoms with van der Waals surface area (Å²) < 4.78 is 15.7. The third kappa shape index (κ3) is 8.69. The lowest BCUT2D eigenvalue weighted by molar-refractivity contribution is -0.172. The summed E-state index contributed by atoms with van der Waals surface area (Å²) in [6.07, 6.45) is 0.529. The van der Waals surface area contributed by atoms with Crippen LogP contribution in [0.15, 0.2) is 54.7 Å². The number of benzene rings is 2. The third-order valence-corrected chi connectivity index (χ3v) is 6.94. The molecular weight excluding hydrogens is 610 g/mol. The molecule has 2 atom stereocenters. The van der Waals surface area contributed by atoms with Crippen LogP contribution in [-0.2, 0) is 44.7 Å². The van der Waals surface area contributed by atoms with Gasteiger partial charge in [0.1, 0.15) is 12.1 Å². The second-order valence-corrected chi connectivity index (χ2v) is 11.5. The Labute approximate surface area is 273 Å². The van der Waals surface area contributed by atoms with Gasteiger partial charge in [-0.15, -0.1) is 0 Å². The average Bonchev–Trinajstić information content (AvgIpc) is 2.97. The number of amides is 3. The highest BCUT2D eigenvalue weighted by atomic mass is 16.6. The number of carbonyl (C=O) groups is 7. The van der Waals surface area contributed by atoms with Crippen molar-refractivity contribution in [2.24, 2.45) is 5.92 Å². The largest absolute Gasteiger partial charge is 0.457 e. The van der Waals surface area contributed by atoms with E-state index in [9.17, 15) is 33.6 Å². The lowest BCUT2D eigenvalue weighted by Gasteiger charge is -2.46. The van der Waals surface area contributed by atoms with E-state index in [1.165, 1.54) is 36.2 Å². The van der Waals surface area contributed by atoms with Crippen molar-refractivity contribution in [1.29, 1.82) is 0 Å². The summed E-state index contributed by atoms with van der Waals surface area (Å²) in [6.45, 7) is 11.3. The summed E-state index contributed by atoms with van der Waals surface area (Å²) in [5, 5.41) is 1.86. The van der Waals surface area contributed by atoms with Gasteiger partial charge in [-0.05, 0) is 43.5 Å². The molecule has 0 saturated carbocycles. The standard InChI is InChI=1S/C34H39N3O10/c1-19(2)31-33(43)37(36(22(6)39)27(16-25-12-10-9-11-13-25)32(42)34(44)45-20(3)4)28(18-35(31)21(5)38)26-14-15-29(46-23(7)40)30(17-26)47-24(8)41/h9-15,17-20,27,31H,16H2,1-8H3/t27-,31?/m0/s1. The number of nitrogens with zero attached hydrogens (tertiary/aromatic N) is 3. The molecule has 0 fully saturated rings. The molecule has 13 heteroatoms. The molecule has 13 nitrogen and oxygen atoms in total. The maximum Gasteiger partial charge on any atom is 0.377 e. The van der Waals surface area contributed by atoms with Gasteiger partial charge in [0.25, 0.3) is 11.7 Å². The fourth-order valence-electron chi connectivity index (χ4n) is 5.12. The van der Waals surface area contributed by atoms with E-state index in [4.69, 9.17) is 14.2 Å². The Kier molecular flexibility index (Phi) is 11.8. The molecule has 47 heavy (non-hydrogen) atoms. The van der Waals surface area contributed by atoms with Crippen molar-refractivity contribution in [3.05, 3.63) is 65.9 Å². The molecule has 0 radical (unpaired) electrons. The maximum absolute atomic E-state index is 14.5. The van der Waals surface area contributed by atoms with Crippen LogP contribution < -0.4 is 9.47 Å². The van der Waals surface area contributed by atoms with Crippen molar-refractivity contribution >= 4 is 47.1 Å². The van der Waals surface area contributed by atoms with Crippen molar-refractivity contribution in [2.75, 3.05) is 0 Å². The molecule has 3 amide bonds. The van der Waals surface area contributed by atoms with Crippen LogP contribution in [0.2, 0.25) is 0 Å². The lowest BCUT2D eigenvalue weighted by atomic mass is 9.96. The summed E-state index contributed by atoms with van der Waals surface area (Å²) in [6, 6.07) is 9.97.